The van der Waals surface area contributed by atoms with Crippen molar-refractivity contribution in [3.63, 3.8) is 0 Å². The number of nitrogens with zero attached hydrogens (tertiary/aromatic N) is 2. The van der Waals surface area contributed by atoms with Gasteiger partial charge in [-0.15, -0.1) is 0 Å². The largest absolute Gasteiger partial charge is 0.497 e. The number of halogens is 1. The third-order valence-electron chi connectivity index (χ3n) is 9.21. The van der Waals surface area contributed by atoms with Crippen LogP contribution in [0.2, 0.25) is 0 Å². The molecule has 1 spiro atoms. The Hall–Kier alpha value is -4.21. The van der Waals surface area contributed by atoms with E-state index in [0.29, 0.717) is 56.6 Å². The fourth-order valence-electron chi connectivity index (χ4n) is 7.03. The summed E-state index contributed by atoms with van der Waals surface area (Å²) in [5, 5.41) is 20.9. The number of carboxylic acids is 1. The van der Waals surface area contributed by atoms with Crippen molar-refractivity contribution in [2.75, 3.05) is 33.4 Å². The number of benzene rings is 3. The Morgan fingerprint density at radius 3 is 2.47 bits per heavy atom. The minimum atomic E-state index is -0.896. The van der Waals surface area contributed by atoms with Crippen LogP contribution in [0.3, 0.4) is 0 Å². The zero-order valence-corrected chi connectivity index (χ0v) is 24.2. The smallest absolute Gasteiger partial charge is 0.303 e. The SMILES string of the molecule is COc1ccc2c3c([nH]c2c1)C(CO)N(Cc1ccccc1F)CC31CCN(C(=O)c2ccccc2CCC(=O)O)CC1. The summed E-state index contributed by atoms with van der Waals surface area (Å²) in [5.41, 5.74) is 4.52. The van der Waals surface area contributed by atoms with Crippen LogP contribution >= 0.6 is 0 Å². The molecule has 0 aliphatic carbocycles. The normalized spacial score (nSPS) is 18.1. The highest BCUT2D eigenvalue weighted by Gasteiger charge is 2.48. The predicted octanol–water partition coefficient (Wildman–Crippen LogP) is 5.06. The summed E-state index contributed by atoms with van der Waals surface area (Å²) in [6.07, 6.45) is 1.64. The van der Waals surface area contributed by atoms with E-state index in [9.17, 15) is 24.2 Å². The van der Waals surface area contributed by atoms with Crippen LogP contribution in [0.25, 0.3) is 10.9 Å². The average Bonchev–Trinajstić information content (AvgIpc) is 3.41. The van der Waals surface area contributed by atoms with E-state index in [1.165, 1.54) is 6.07 Å². The molecule has 1 saturated heterocycles. The van der Waals surface area contributed by atoms with Crippen molar-refractivity contribution < 1.29 is 28.9 Å². The molecule has 3 N–H and O–H groups in total. The molecular weight excluding hydrogens is 549 g/mol. The lowest BCUT2D eigenvalue weighted by molar-refractivity contribution is -0.136. The maximum atomic E-state index is 14.8. The first kappa shape index (κ1) is 28.9. The number of hydrogen-bond donors (Lipinski definition) is 3. The first-order chi connectivity index (χ1) is 20.8. The van der Waals surface area contributed by atoms with Crippen LogP contribution < -0.4 is 4.74 Å². The van der Waals surface area contributed by atoms with Crippen molar-refractivity contribution in [1.82, 2.24) is 14.8 Å². The molecule has 1 unspecified atom stereocenters. The highest BCUT2D eigenvalue weighted by Crippen LogP contribution is 2.49. The first-order valence-corrected chi connectivity index (χ1v) is 14.7. The molecule has 1 atom stereocenters. The van der Waals surface area contributed by atoms with E-state index in [0.717, 1.165) is 33.5 Å². The van der Waals surface area contributed by atoms with Crippen molar-refractivity contribution in [3.05, 3.63) is 100 Å². The quantitative estimate of drug-likeness (QED) is 0.267. The lowest BCUT2D eigenvalue weighted by Crippen LogP contribution is -2.54. The van der Waals surface area contributed by atoms with Crippen LogP contribution in [-0.2, 0) is 23.2 Å². The number of aromatic amines is 1. The molecule has 224 valence electrons. The third-order valence-corrected chi connectivity index (χ3v) is 9.21. The molecule has 4 aromatic rings. The van der Waals surface area contributed by atoms with Gasteiger partial charge in [-0.3, -0.25) is 14.5 Å². The van der Waals surface area contributed by atoms with Gasteiger partial charge >= 0.3 is 5.97 Å². The number of aryl methyl sites for hydroxylation is 1. The second-order valence-corrected chi connectivity index (χ2v) is 11.6. The van der Waals surface area contributed by atoms with E-state index in [2.05, 4.69) is 16.0 Å². The molecule has 2 aliphatic heterocycles. The molecule has 1 amide bonds. The number of rotatable bonds is 8. The lowest BCUT2D eigenvalue weighted by atomic mass is 9.68. The van der Waals surface area contributed by atoms with Crippen molar-refractivity contribution in [2.45, 2.75) is 43.7 Å². The van der Waals surface area contributed by atoms with Gasteiger partial charge in [0.2, 0.25) is 0 Å². The highest BCUT2D eigenvalue weighted by atomic mass is 19.1. The van der Waals surface area contributed by atoms with Crippen LogP contribution in [0, 0.1) is 5.82 Å². The Kier molecular flexibility index (Phi) is 7.94. The number of amides is 1. The van der Waals surface area contributed by atoms with Gasteiger partial charge in [0.1, 0.15) is 11.6 Å². The van der Waals surface area contributed by atoms with Crippen LogP contribution in [0.4, 0.5) is 4.39 Å². The van der Waals surface area contributed by atoms with E-state index in [4.69, 9.17) is 4.74 Å². The maximum absolute atomic E-state index is 14.8. The second kappa shape index (κ2) is 11.8. The number of ether oxygens (including phenoxy) is 1. The molecule has 8 nitrogen and oxygen atoms in total. The van der Waals surface area contributed by atoms with Gasteiger partial charge in [0.25, 0.3) is 5.91 Å². The number of carbonyl (C=O) groups excluding carboxylic acids is 1. The monoisotopic (exact) mass is 585 g/mol. The Bertz CT molecular complexity index is 1660. The molecule has 2 aliphatic rings. The topological polar surface area (TPSA) is 106 Å². The zero-order valence-electron chi connectivity index (χ0n) is 24.2. The molecule has 0 saturated carbocycles. The number of aliphatic hydroxyl groups excluding tert-OH is 1. The van der Waals surface area contributed by atoms with Crippen molar-refractivity contribution >= 4 is 22.8 Å². The van der Waals surface area contributed by atoms with Crippen molar-refractivity contribution in [2.24, 2.45) is 0 Å². The number of aromatic nitrogens is 1. The minimum absolute atomic E-state index is 0.0363. The number of nitrogens with one attached hydrogen (secondary N) is 1. The van der Waals surface area contributed by atoms with Gasteiger partial charge in [-0.25, -0.2) is 4.39 Å². The maximum Gasteiger partial charge on any atom is 0.303 e. The van der Waals surface area contributed by atoms with Gasteiger partial charge in [0.05, 0.1) is 19.8 Å². The van der Waals surface area contributed by atoms with Gasteiger partial charge < -0.3 is 24.8 Å². The molecule has 3 aromatic carbocycles. The van der Waals surface area contributed by atoms with E-state index < -0.39 is 5.97 Å². The molecule has 1 fully saturated rings. The Balaban J connectivity index is 1.35. The minimum Gasteiger partial charge on any atom is -0.497 e. The summed E-state index contributed by atoms with van der Waals surface area (Å²) in [4.78, 5) is 32.5. The van der Waals surface area contributed by atoms with Gasteiger partial charge in [0, 0.05) is 71.8 Å². The summed E-state index contributed by atoms with van der Waals surface area (Å²) in [5.74, 6) is -0.534. The van der Waals surface area contributed by atoms with Crippen molar-refractivity contribution in [3.8, 4) is 5.75 Å². The Morgan fingerprint density at radius 2 is 1.77 bits per heavy atom. The molecule has 1 aromatic heterocycles. The molecular formula is C34H36FN3O5. The highest BCUT2D eigenvalue weighted by molar-refractivity contribution is 5.96. The number of hydrogen-bond acceptors (Lipinski definition) is 5. The van der Waals surface area contributed by atoms with Crippen LogP contribution in [0.15, 0.2) is 66.7 Å². The van der Waals surface area contributed by atoms with E-state index in [1.807, 2.05) is 41.3 Å². The average molecular weight is 586 g/mol. The number of fused-ring (bicyclic) bond motifs is 4. The van der Waals surface area contributed by atoms with Crippen LogP contribution in [0.5, 0.6) is 5.75 Å². The fraction of sp³-hybridized carbons (Fsp3) is 0.353. The summed E-state index contributed by atoms with van der Waals surface area (Å²) in [6.45, 7) is 1.86. The van der Waals surface area contributed by atoms with Crippen LogP contribution in [-0.4, -0.2) is 70.2 Å². The number of carboxylic acid groups (broad SMARTS) is 1. The zero-order chi connectivity index (χ0) is 30.1. The fourth-order valence-corrected chi connectivity index (χ4v) is 7.03. The van der Waals surface area contributed by atoms with Gasteiger partial charge in [-0.05, 0) is 54.7 Å². The van der Waals surface area contributed by atoms with Crippen LogP contribution in [0.1, 0.15) is 58.0 Å². The Morgan fingerprint density at radius 1 is 1.05 bits per heavy atom. The molecule has 43 heavy (non-hydrogen) atoms. The predicted molar refractivity (Wildman–Crippen MR) is 161 cm³/mol. The van der Waals surface area contributed by atoms with E-state index in [-0.39, 0.29) is 36.2 Å². The first-order valence-electron chi connectivity index (χ1n) is 14.7. The number of carbonyl (C=O) groups is 2. The lowest BCUT2D eigenvalue weighted by Gasteiger charge is -2.50. The summed E-state index contributed by atoms with van der Waals surface area (Å²) >= 11 is 0. The Labute approximate surface area is 249 Å². The number of methoxy groups -OCH3 is 1. The van der Waals surface area contributed by atoms with E-state index in [1.54, 1.807) is 25.3 Å². The standard InChI is InChI=1S/C34H36FN3O5/c1-43-24-11-12-26-28(18-24)36-32-29(20-39)38(19-23-7-3-5-9-27(23)35)21-34(31(26)32)14-16-37(17-15-34)33(42)25-8-4-2-6-22(25)10-13-30(40)41/h2-9,11-12,18,29,36,39H,10,13-17,19-21H2,1H3,(H,40,41). The molecule has 3 heterocycles. The number of likely N-dealkylation sites (tertiary alicyclic amines) is 1. The van der Waals surface area contributed by atoms with Crippen molar-refractivity contribution in [1.29, 1.82) is 0 Å². The number of piperidine rings is 1. The number of H-pyrrole nitrogens is 1. The van der Waals surface area contributed by atoms with Gasteiger partial charge in [-0.2, -0.15) is 0 Å². The molecule has 9 heteroatoms. The van der Waals surface area contributed by atoms with E-state index >= 15 is 0 Å². The molecule has 0 bridgehead atoms. The third kappa shape index (κ3) is 5.39. The molecule has 6 rings (SSSR count). The number of aliphatic carboxylic acids is 1. The summed E-state index contributed by atoms with van der Waals surface area (Å²) in [6, 6.07) is 19.6. The summed E-state index contributed by atoms with van der Waals surface area (Å²) in [7, 11) is 1.63. The summed E-state index contributed by atoms with van der Waals surface area (Å²) < 4.78 is 20.3. The number of aliphatic hydroxyl groups is 1. The molecule has 0 radical (unpaired) electrons. The van der Waals surface area contributed by atoms with Gasteiger partial charge in [0.15, 0.2) is 0 Å². The second-order valence-electron chi connectivity index (χ2n) is 11.6. The van der Waals surface area contributed by atoms with Gasteiger partial charge in [-0.1, -0.05) is 36.4 Å².